The predicted molar refractivity (Wildman–Crippen MR) is 106 cm³/mol. The van der Waals surface area contributed by atoms with Crippen LogP contribution in [0.1, 0.15) is 23.4 Å². The van der Waals surface area contributed by atoms with Gasteiger partial charge in [-0.15, -0.1) is 11.3 Å². The highest BCUT2D eigenvalue weighted by atomic mass is 32.1. The Morgan fingerprint density at radius 2 is 2.11 bits per heavy atom. The Morgan fingerprint density at radius 3 is 2.93 bits per heavy atom. The van der Waals surface area contributed by atoms with Crippen LogP contribution >= 0.6 is 11.3 Å². The third-order valence-corrected chi connectivity index (χ3v) is 6.50. The van der Waals surface area contributed by atoms with E-state index >= 15 is 0 Å². The summed E-state index contributed by atoms with van der Waals surface area (Å²) in [5.41, 5.74) is 2.21. The van der Waals surface area contributed by atoms with Crippen LogP contribution in [0.5, 0.6) is 0 Å². The average Bonchev–Trinajstić information content (AvgIpc) is 3.16. The fraction of sp³-hybridized carbons (Fsp3) is 0.550. The lowest BCUT2D eigenvalue weighted by Gasteiger charge is -2.26. The smallest absolute Gasteiger partial charge is 0.223 e. The molecular formula is C20H26N4O2S. The fourth-order valence-corrected chi connectivity index (χ4v) is 4.81. The first-order valence-corrected chi connectivity index (χ1v) is 10.6. The topological polar surface area (TPSA) is 67.4 Å². The third kappa shape index (κ3) is 4.72. The van der Waals surface area contributed by atoms with Crippen LogP contribution in [0, 0.1) is 5.92 Å². The molecule has 1 saturated heterocycles. The number of carbonyl (C=O) groups is 1. The monoisotopic (exact) mass is 386 g/mol. The molecule has 0 aromatic carbocycles. The quantitative estimate of drug-likeness (QED) is 0.771. The summed E-state index contributed by atoms with van der Waals surface area (Å²) in [7, 11) is 0. The normalized spacial score (nSPS) is 20.2. The number of rotatable bonds is 6. The molecule has 0 spiro atoms. The Labute approximate surface area is 164 Å². The molecule has 1 fully saturated rings. The molecule has 2 aliphatic rings. The van der Waals surface area contributed by atoms with Gasteiger partial charge in [0.05, 0.1) is 18.9 Å². The number of aryl methyl sites for hydroxylation is 1. The minimum atomic E-state index is 0.0493. The molecule has 0 radical (unpaired) electrons. The van der Waals surface area contributed by atoms with Crippen molar-refractivity contribution >= 4 is 17.2 Å². The fourth-order valence-electron chi connectivity index (χ4n) is 3.70. The maximum atomic E-state index is 12.6. The molecule has 1 atom stereocenters. The van der Waals surface area contributed by atoms with Crippen LogP contribution < -0.4 is 5.32 Å². The molecule has 27 heavy (non-hydrogen) atoms. The Hall–Kier alpha value is -1.83. The molecule has 2 aromatic rings. The van der Waals surface area contributed by atoms with E-state index in [1.165, 1.54) is 4.88 Å². The van der Waals surface area contributed by atoms with E-state index in [0.29, 0.717) is 0 Å². The van der Waals surface area contributed by atoms with Gasteiger partial charge in [0.15, 0.2) is 0 Å². The van der Waals surface area contributed by atoms with Crippen molar-refractivity contribution in [2.24, 2.45) is 5.92 Å². The highest BCUT2D eigenvalue weighted by Gasteiger charge is 2.27. The second-order valence-electron chi connectivity index (χ2n) is 7.16. The first-order chi connectivity index (χ1) is 13.3. The van der Waals surface area contributed by atoms with E-state index in [0.717, 1.165) is 81.3 Å². The predicted octanol–water partition coefficient (Wildman–Crippen LogP) is 2.15. The van der Waals surface area contributed by atoms with Gasteiger partial charge in [0.2, 0.25) is 5.91 Å². The van der Waals surface area contributed by atoms with E-state index in [9.17, 15) is 4.79 Å². The van der Waals surface area contributed by atoms with Crippen molar-refractivity contribution in [3.05, 3.63) is 35.1 Å². The minimum absolute atomic E-state index is 0.0493. The molecule has 3 heterocycles. The van der Waals surface area contributed by atoms with Crippen LogP contribution in [0.15, 0.2) is 24.5 Å². The number of thiazole rings is 1. The number of hydrogen-bond donors (Lipinski definition) is 1. The zero-order valence-electron chi connectivity index (χ0n) is 15.5. The van der Waals surface area contributed by atoms with Crippen molar-refractivity contribution in [3.63, 3.8) is 0 Å². The van der Waals surface area contributed by atoms with Gasteiger partial charge in [-0.2, -0.15) is 0 Å². The second-order valence-corrected chi connectivity index (χ2v) is 8.25. The number of pyridine rings is 1. The number of fused-ring (bicyclic) bond motifs is 1. The summed E-state index contributed by atoms with van der Waals surface area (Å²) in [6.07, 6.45) is 7.20. The maximum absolute atomic E-state index is 12.6. The Kier molecular flexibility index (Phi) is 6.11. The van der Waals surface area contributed by atoms with Crippen LogP contribution in [-0.2, 0) is 22.4 Å². The van der Waals surface area contributed by atoms with E-state index in [1.54, 1.807) is 23.7 Å². The second kappa shape index (κ2) is 8.91. The summed E-state index contributed by atoms with van der Waals surface area (Å²) < 4.78 is 5.36. The van der Waals surface area contributed by atoms with Gasteiger partial charge < -0.3 is 10.1 Å². The van der Waals surface area contributed by atoms with Gasteiger partial charge in [-0.3, -0.25) is 14.7 Å². The van der Waals surface area contributed by atoms with E-state index in [2.05, 4.69) is 15.2 Å². The molecule has 2 aromatic heterocycles. The lowest BCUT2D eigenvalue weighted by molar-refractivity contribution is -0.125. The van der Waals surface area contributed by atoms with Gasteiger partial charge >= 0.3 is 0 Å². The number of amides is 1. The number of carbonyl (C=O) groups excluding carboxylic acids is 1. The van der Waals surface area contributed by atoms with E-state index in [-0.39, 0.29) is 11.8 Å². The van der Waals surface area contributed by atoms with Crippen LogP contribution in [-0.4, -0.2) is 60.2 Å². The summed E-state index contributed by atoms with van der Waals surface area (Å²) in [5, 5.41) is 4.17. The Bertz CT molecular complexity index is 759. The summed E-state index contributed by atoms with van der Waals surface area (Å²) in [6.45, 7) is 5.43. The van der Waals surface area contributed by atoms with Gasteiger partial charge in [-0.1, -0.05) is 0 Å². The number of nitrogens with zero attached hydrogens (tertiary/aromatic N) is 3. The molecule has 1 unspecified atom stereocenters. The van der Waals surface area contributed by atoms with Crippen molar-refractivity contribution in [1.29, 1.82) is 0 Å². The van der Waals surface area contributed by atoms with E-state index in [4.69, 9.17) is 9.72 Å². The molecule has 7 heteroatoms. The average molecular weight is 387 g/mol. The summed E-state index contributed by atoms with van der Waals surface area (Å²) in [5.74, 6) is 0.231. The molecular weight excluding hydrogens is 360 g/mol. The number of nitrogens with one attached hydrogen (secondary N) is 1. The van der Waals surface area contributed by atoms with Crippen LogP contribution in [0.3, 0.4) is 0 Å². The highest BCUT2D eigenvalue weighted by molar-refractivity contribution is 7.15. The van der Waals surface area contributed by atoms with Crippen molar-refractivity contribution in [2.45, 2.75) is 25.7 Å². The van der Waals surface area contributed by atoms with Crippen molar-refractivity contribution in [1.82, 2.24) is 20.2 Å². The molecule has 1 amide bonds. The minimum Gasteiger partial charge on any atom is -0.379 e. The number of morpholine rings is 1. The van der Waals surface area contributed by atoms with E-state index < -0.39 is 0 Å². The molecule has 6 nitrogen and oxygen atoms in total. The molecule has 1 aliphatic carbocycles. The van der Waals surface area contributed by atoms with E-state index in [1.807, 2.05) is 12.1 Å². The maximum Gasteiger partial charge on any atom is 0.223 e. The first-order valence-electron chi connectivity index (χ1n) is 9.76. The van der Waals surface area contributed by atoms with Crippen LogP contribution in [0.2, 0.25) is 0 Å². The van der Waals surface area contributed by atoms with Crippen molar-refractivity contribution in [3.8, 4) is 10.6 Å². The largest absolute Gasteiger partial charge is 0.379 e. The number of hydrogen-bond acceptors (Lipinski definition) is 6. The van der Waals surface area contributed by atoms with Gasteiger partial charge in [0.1, 0.15) is 5.01 Å². The van der Waals surface area contributed by atoms with Crippen LogP contribution in [0.25, 0.3) is 10.6 Å². The molecule has 1 aliphatic heterocycles. The summed E-state index contributed by atoms with van der Waals surface area (Å²) in [6, 6.07) is 3.98. The molecule has 1 N–H and O–H groups in total. The Balaban J connectivity index is 1.26. The highest BCUT2D eigenvalue weighted by Crippen LogP contribution is 2.34. The molecule has 0 bridgehead atoms. The lowest BCUT2D eigenvalue weighted by atomic mass is 9.90. The zero-order valence-corrected chi connectivity index (χ0v) is 16.3. The van der Waals surface area contributed by atoms with Gasteiger partial charge in [-0.25, -0.2) is 4.98 Å². The zero-order chi connectivity index (χ0) is 18.5. The first kappa shape index (κ1) is 18.5. The molecule has 144 valence electrons. The van der Waals surface area contributed by atoms with Gasteiger partial charge in [0.25, 0.3) is 0 Å². The van der Waals surface area contributed by atoms with Gasteiger partial charge in [-0.05, 0) is 37.9 Å². The summed E-state index contributed by atoms with van der Waals surface area (Å²) in [4.78, 5) is 25.2. The third-order valence-electron chi connectivity index (χ3n) is 5.29. The lowest BCUT2D eigenvalue weighted by Crippen LogP contribution is -2.39. The number of aromatic nitrogens is 2. The molecule has 0 saturated carbocycles. The standard InChI is InChI=1S/C20H26N4O2S/c25-19(22-6-1-9-24-10-12-26-13-11-24)16-2-3-18-17(14-16)23-20(27-18)15-4-7-21-8-5-15/h4-5,7-8,16H,1-3,6,9-14H2,(H,22,25). The van der Waals surface area contributed by atoms with Gasteiger partial charge in [0, 0.05) is 54.8 Å². The van der Waals surface area contributed by atoms with Crippen LogP contribution in [0.4, 0.5) is 0 Å². The van der Waals surface area contributed by atoms with Crippen molar-refractivity contribution < 1.29 is 9.53 Å². The SMILES string of the molecule is O=C(NCCCN1CCOCC1)C1CCc2sc(-c3ccncc3)nc2C1. The number of ether oxygens (including phenoxy) is 1. The summed E-state index contributed by atoms with van der Waals surface area (Å²) >= 11 is 1.75. The Morgan fingerprint density at radius 1 is 1.30 bits per heavy atom. The molecule has 4 rings (SSSR count). The van der Waals surface area contributed by atoms with Crippen molar-refractivity contribution in [2.75, 3.05) is 39.4 Å².